The Morgan fingerprint density at radius 1 is 1.53 bits per heavy atom. The van der Waals surface area contributed by atoms with Gasteiger partial charge in [0.1, 0.15) is 5.69 Å². The van der Waals surface area contributed by atoms with Gasteiger partial charge in [0, 0.05) is 25.5 Å². The summed E-state index contributed by atoms with van der Waals surface area (Å²) < 4.78 is 0. The lowest BCUT2D eigenvalue weighted by Gasteiger charge is -2.29. The number of aliphatic hydroxyl groups excluding tert-OH is 1. The van der Waals surface area contributed by atoms with Gasteiger partial charge in [-0.3, -0.25) is 9.78 Å². The molecule has 5 nitrogen and oxygen atoms in total. The van der Waals surface area contributed by atoms with Crippen molar-refractivity contribution < 1.29 is 9.90 Å². The Hall–Kier alpha value is -1.49. The van der Waals surface area contributed by atoms with E-state index < -0.39 is 6.10 Å². The van der Waals surface area contributed by atoms with E-state index >= 15 is 0 Å². The first-order valence-electron chi connectivity index (χ1n) is 5.01. The van der Waals surface area contributed by atoms with Crippen LogP contribution in [0, 0.1) is 0 Å². The van der Waals surface area contributed by atoms with E-state index in [1.807, 2.05) is 0 Å². The molecule has 0 unspecified atom stereocenters. The lowest BCUT2D eigenvalue weighted by Crippen LogP contribution is -2.42. The van der Waals surface area contributed by atoms with Gasteiger partial charge < -0.3 is 10.0 Å². The number of hydrogen-bond donors (Lipinski definition) is 1. The number of rotatable bonds is 1. The summed E-state index contributed by atoms with van der Waals surface area (Å²) in [7, 11) is 0. The number of piperidine rings is 1. The van der Waals surface area contributed by atoms with E-state index in [-0.39, 0.29) is 5.91 Å². The highest BCUT2D eigenvalue weighted by Crippen LogP contribution is 2.11. The summed E-state index contributed by atoms with van der Waals surface area (Å²) in [6.45, 7) is 1.09. The van der Waals surface area contributed by atoms with Crippen LogP contribution in [0.2, 0.25) is 0 Å². The average Bonchev–Trinajstić information content (AvgIpc) is 2.29. The third kappa shape index (κ3) is 2.30. The third-order valence-corrected chi connectivity index (χ3v) is 2.47. The molecule has 1 aromatic rings. The molecule has 80 valence electrons. The van der Waals surface area contributed by atoms with Crippen molar-refractivity contribution in [3.63, 3.8) is 0 Å². The molecule has 1 aliphatic heterocycles. The quantitative estimate of drug-likeness (QED) is 0.708. The molecule has 1 N–H and O–H groups in total. The molecule has 0 aromatic carbocycles. The minimum absolute atomic E-state index is 0.151. The molecule has 1 saturated heterocycles. The van der Waals surface area contributed by atoms with Gasteiger partial charge in [0.25, 0.3) is 5.91 Å². The monoisotopic (exact) mass is 207 g/mol. The molecular weight excluding hydrogens is 194 g/mol. The van der Waals surface area contributed by atoms with E-state index in [0.717, 1.165) is 12.8 Å². The maximum atomic E-state index is 11.9. The zero-order chi connectivity index (χ0) is 10.7. The molecule has 1 aromatic heterocycles. The molecule has 2 heterocycles. The highest BCUT2D eigenvalue weighted by atomic mass is 16.3. The lowest BCUT2D eigenvalue weighted by atomic mass is 10.1. The topological polar surface area (TPSA) is 66.3 Å². The predicted molar refractivity (Wildman–Crippen MR) is 53.2 cm³/mol. The van der Waals surface area contributed by atoms with Gasteiger partial charge in [-0.1, -0.05) is 0 Å². The molecule has 0 saturated carbocycles. The number of likely N-dealkylation sites (tertiary alicyclic amines) is 1. The summed E-state index contributed by atoms with van der Waals surface area (Å²) in [4.78, 5) is 21.3. The minimum atomic E-state index is -0.403. The number of carbonyl (C=O) groups excluding carboxylic acids is 1. The van der Waals surface area contributed by atoms with Gasteiger partial charge in [0.05, 0.1) is 12.3 Å². The van der Waals surface area contributed by atoms with E-state index in [9.17, 15) is 9.90 Å². The summed E-state index contributed by atoms with van der Waals surface area (Å²) in [5.41, 5.74) is 0.339. The molecule has 1 amide bonds. The number of aliphatic hydroxyl groups is 1. The van der Waals surface area contributed by atoms with E-state index in [2.05, 4.69) is 9.97 Å². The Balaban J connectivity index is 2.08. The van der Waals surface area contributed by atoms with Crippen molar-refractivity contribution in [2.24, 2.45) is 0 Å². The number of carbonyl (C=O) groups is 1. The van der Waals surface area contributed by atoms with Gasteiger partial charge >= 0.3 is 0 Å². The maximum absolute atomic E-state index is 11.9. The van der Waals surface area contributed by atoms with Crippen molar-refractivity contribution in [2.75, 3.05) is 13.1 Å². The Morgan fingerprint density at radius 3 is 3.07 bits per heavy atom. The van der Waals surface area contributed by atoms with Crippen LogP contribution in [-0.2, 0) is 0 Å². The molecule has 1 fully saturated rings. The van der Waals surface area contributed by atoms with Crippen molar-refractivity contribution in [1.29, 1.82) is 0 Å². The highest BCUT2D eigenvalue weighted by Gasteiger charge is 2.23. The first kappa shape index (κ1) is 10.0. The lowest BCUT2D eigenvalue weighted by molar-refractivity contribution is 0.0468. The molecule has 5 heteroatoms. The fourth-order valence-corrected chi connectivity index (χ4v) is 1.71. The van der Waals surface area contributed by atoms with E-state index in [0.29, 0.717) is 18.8 Å². The van der Waals surface area contributed by atoms with Crippen LogP contribution >= 0.6 is 0 Å². The number of aromatic nitrogens is 2. The van der Waals surface area contributed by atoms with Crippen molar-refractivity contribution in [3.05, 3.63) is 24.3 Å². The fraction of sp³-hybridized carbons (Fsp3) is 0.500. The van der Waals surface area contributed by atoms with Crippen LogP contribution in [0.4, 0.5) is 0 Å². The molecule has 15 heavy (non-hydrogen) atoms. The van der Waals surface area contributed by atoms with Crippen LogP contribution in [0.25, 0.3) is 0 Å². The van der Waals surface area contributed by atoms with Gasteiger partial charge in [-0.15, -0.1) is 0 Å². The summed E-state index contributed by atoms with van der Waals surface area (Å²) in [5.74, 6) is -0.151. The van der Waals surface area contributed by atoms with Crippen molar-refractivity contribution in [2.45, 2.75) is 18.9 Å². The standard InChI is InChI=1S/C10H13N3O2/c14-8-2-1-5-13(7-8)10(15)9-6-11-3-4-12-9/h3-4,6,8,14H,1-2,5,7H2/t8-/m0/s1. The second-order valence-electron chi connectivity index (χ2n) is 3.64. The largest absolute Gasteiger partial charge is 0.391 e. The van der Waals surface area contributed by atoms with Gasteiger partial charge in [-0.25, -0.2) is 4.98 Å². The van der Waals surface area contributed by atoms with Crippen molar-refractivity contribution in [1.82, 2.24) is 14.9 Å². The van der Waals surface area contributed by atoms with E-state index in [4.69, 9.17) is 0 Å². The molecular formula is C10H13N3O2. The summed E-state index contributed by atoms with van der Waals surface area (Å²) in [5, 5.41) is 9.45. The second kappa shape index (κ2) is 4.35. The molecule has 1 atom stereocenters. The zero-order valence-electron chi connectivity index (χ0n) is 8.33. The smallest absolute Gasteiger partial charge is 0.274 e. The zero-order valence-corrected chi connectivity index (χ0v) is 8.33. The summed E-state index contributed by atoms with van der Waals surface area (Å²) in [6.07, 6.45) is 5.68. The van der Waals surface area contributed by atoms with Gasteiger partial charge in [-0.2, -0.15) is 0 Å². The highest BCUT2D eigenvalue weighted by molar-refractivity contribution is 5.92. The molecule has 0 aliphatic carbocycles. The van der Waals surface area contributed by atoms with Crippen LogP contribution in [-0.4, -0.2) is 45.1 Å². The normalized spacial score (nSPS) is 21.4. The number of nitrogens with zero attached hydrogens (tertiary/aromatic N) is 3. The molecule has 0 bridgehead atoms. The van der Waals surface area contributed by atoms with Gasteiger partial charge in [0.2, 0.25) is 0 Å². The van der Waals surface area contributed by atoms with Crippen LogP contribution in [0.15, 0.2) is 18.6 Å². The number of hydrogen-bond acceptors (Lipinski definition) is 4. The minimum Gasteiger partial charge on any atom is -0.391 e. The molecule has 0 spiro atoms. The first-order chi connectivity index (χ1) is 7.27. The number of β-amino-alcohol motifs (C(OH)–C–C–N with tert-alkyl or cyclic N) is 1. The Kier molecular flexibility index (Phi) is 2.91. The molecule has 1 aliphatic rings. The SMILES string of the molecule is O=C(c1cnccn1)N1CCC[C@H](O)C1. The number of amides is 1. The third-order valence-electron chi connectivity index (χ3n) is 2.47. The van der Waals surface area contributed by atoms with Gasteiger partial charge in [0.15, 0.2) is 0 Å². The van der Waals surface area contributed by atoms with E-state index in [1.165, 1.54) is 18.6 Å². The van der Waals surface area contributed by atoms with Crippen molar-refractivity contribution in [3.8, 4) is 0 Å². The maximum Gasteiger partial charge on any atom is 0.274 e. The fourth-order valence-electron chi connectivity index (χ4n) is 1.71. The summed E-state index contributed by atoms with van der Waals surface area (Å²) in [6, 6.07) is 0. The Bertz CT molecular complexity index is 342. The van der Waals surface area contributed by atoms with Gasteiger partial charge in [-0.05, 0) is 12.8 Å². The molecule has 0 radical (unpaired) electrons. The second-order valence-corrected chi connectivity index (χ2v) is 3.64. The van der Waals surface area contributed by atoms with Crippen LogP contribution in [0.1, 0.15) is 23.3 Å². The average molecular weight is 207 g/mol. The predicted octanol–water partition coefficient (Wildman–Crippen LogP) is 0.0735. The van der Waals surface area contributed by atoms with Crippen LogP contribution < -0.4 is 0 Å². The first-order valence-corrected chi connectivity index (χ1v) is 5.01. The van der Waals surface area contributed by atoms with Crippen molar-refractivity contribution >= 4 is 5.91 Å². The Labute approximate surface area is 87.8 Å². The molecule has 2 rings (SSSR count). The van der Waals surface area contributed by atoms with E-state index in [1.54, 1.807) is 4.90 Å². The van der Waals surface area contributed by atoms with Crippen LogP contribution in [0.3, 0.4) is 0 Å². The summed E-state index contributed by atoms with van der Waals surface area (Å²) >= 11 is 0. The Morgan fingerprint density at radius 2 is 2.40 bits per heavy atom. The van der Waals surface area contributed by atoms with Crippen LogP contribution in [0.5, 0.6) is 0 Å².